The molecule has 4 rings (SSSR count). The maximum atomic E-state index is 13.8. The van der Waals surface area contributed by atoms with Crippen LogP contribution in [0.1, 0.15) is 25.3 Å². The van der Waals surface area contributed by atoms with Crippen LogP contribution in [0.3, 0.4) is 0 Å². The summed E-state index contributed by atoms with van der Waals surface area (Å²) in [5.41, 5.74) is 4.48. The van der Waals surface area contributed by atoms with Crippen molar-refractivity contribution >= 4 is 28.3 Å². The molecule has 0 atom stereocenters. The first kappa shape index (κ1) is 20.5. The molecule has 0 spiro atoms. The largest absolute Gasteiger partial charge is 0.323 e. The number of carbonyl (C=O) groups is 1. The van der Waals surface area contributed by atoms with Gasteiger partial charge in [0, 0.05) is 23.3 Å². The molecule has 4 aromatic rings. The van der Waals surface area contributed by atoms with E-state index >= 15 is 0 Å². The molecule has 1 aromatic heterocycles. The van der Waals surface area contributed by atoms with Gasteiger partial charge in [-0.3, -0.25) is 4.98 Å². The van der Waals surface area contributed by atoms with Gasteiger partial charge in [-0.25, -0.2) is 13.6 Å². The second-order valence-corrected chi connectivity index (χ2v) is 7.54. The first-order chi connectivity index (χ1) is 14.9. The van der Waals surface area contributed by atoms with Crippen molar-refractivity contribution in [1.82, 2.24) is 4.98 Å². The Hall–Kier alpha value is -3.80. The number of nitrogens with zero attached hydrogens (tertiary/aromatic N) is 1. The van der Waals surface area contributed by atoms with Crippen LogP contribution in [-0.2, 0) is 0 Å². The van der Waals surface area contributed by atoms with Crippen LogP contribution in [0.25, 0.3) is 22.0 Å². The molecule has 0 bridgehead atoms. The predicted octanol–water partition coefficient (Wildman–Crippen LogP) is 6.95. The van der Waals surface area contributed by atoms with Gasteiger partial charge in [-0.05, 0) is 59.0 Å². The Balaban J connectivity index is 1.68. The van der Waals surface area contributed by atoms with Gasteiger partial charge >= 0.3 is 6.03 Å². The normalized spacial score (nSPS) is 11.0. The number of aromatic nitrogens is 1. The van der Waals surface area contributed by atoms with Crippen LogP contribution >= 0.6 is 0 Å². The molecule has 2 amide bonds. The first-order valence-corrected chi connectivity index (χ1v) is 9.93. The summed E-state index contributed by atoms with van der Waals surface area (Å²) in [6.07, 6.45) is 1.77. The third kappa shape index (κ3) is 4.38. The summed E-state index contributed by atoms with van der Waals surface area (Å²) in [4.78, 5) is 16.8. The fraction of sp³-hybridized carbons (Fsp3) is 0.120. The van der Waals surface area contributed by atoms with E-state index in [2.05, 4.69) is 29.5 Å². The van der Waals surface area contributed by atoms with Gasteiger partial charge in [0.05, 0.1) is 11.2 Å². The van der Waals surface area contributed by atoms with Crippen molar-refractivity contribution in [2.45, 2.75) is 19.8 Å². The summed E-state index contributed by atoms with van der Waals surface area (Å²) in [6.45, 7) is 4.22. The number of carbonyl (C=O) groups excluding carboxylic acids is 1. The van der Waals surface area contributed by atoms with Gasteiger partial charge in [0.1, 0.15) is 11.6 Å². The maximum Gasteiger partial charge on any atom is 0.323 e. The highest BCUT2D eigenvalue weighted by molar-refractivity contribution is 6.01. The third-order valence-corrected chi connectivity index (χ3v) is 5.05. The standard InChI is InChI=1S/C25H21F2N3O/c1-15(2)18-9-8-17(29-25(31)30-24-10-7-16(26)13-22(24)27)14-21(18)19-11-12-28-23-6-4-3-5-20(19)23/h3-15H,1-2H3,(H2,29,30,31). The fourth-order valence-electron chi connectivity index (χ4n) is 3.58. The number of rotatable bonds is 4. The second-order valence-electron chi connectivity index (χ2n) is 7.54. The molecule has 1 heterocycles. The second kappa shape index (κ2) is 8.52. The molecule has 31 heavy (non-hydrogen) atoms. The van der Waals surface area contributed by atoms with Crippen LogP contribution in [0.2, 0.25) is 0 Å². The summed E-state index contributed by atoms with van der Waals surface area (Å²) in [7, 11) is 0. The van der Waals surface area contributed by atoms with Crippen molar-refractivity contribution < 1.29 is 13.6 Å². The monoisotopic (exact) mass is 417 g/mol. The Bertz CT molecular complexity index is 1270. The lowest BCUT2D eigenvalue weighted by Crippen LogP contribution is -2.20. The number of benzene rings is 3. The minimum Gasteiger partial charge on any atom is -0.308 e. The highest BCUT2D eigenvalue weighted by Gasteiger charge is 2.14. The van der Waals surface area contributed by atoms with Crippen molar-refractivity contribution in [1.29, 1.82) is 0 Å². The molecule has 2 N–H and O–H groups in total. The van der Waals surface area contributed by atoms with Crippen molar-refractivity contribution in [2.24, 2.45) is 0 Å². The van der Waals surface area contributed by atoms with Gasteiger partial charge in [0.15, 0.2) is 0 Å². The van der Waals surface area contributed by atoms with Crippen LogP contribution in [0.15, 0.2) is 72.9 Å². The molecule has 0 saturated carbocycles. The minimum atomic E-state index is -0.839. The van der Waals surface area contributed by atoms with Crippen molar-refractivity contribution in [2.75, 3.05) is 10.6 Å². The average molecular weight is 417 g/mol. The average Bonchev–Trinajstić information content (AvgIpc) is 2.75. The number of pyridine rings is 1. The van der Waals surface area contributed by atoms with E-state index in [-0.39, 0.29) is 11.6 Å². The number of para-hydroxylation sites is 1. The zero-order valence-corrected chi connectivity index (χ0v) is 17.1. The molecule has 0 aliphatic carbocycles. The SMILES string of the molecule is CC(C)c1ccc(NC(=O)Nc2ccc(F)cc2F)cc1-c1ccnc2ccccc12. The molecule has 0 unspecified atom stereocenters. The van der Waals surface area contributed by atoms with Crippen molar-refractivity contribution in [3.05, 3.63) is 90.1 Å². The van der Waals surface area contributed by atoms with Crippen molar-refractivity contribution in [3.8, 4) is 11.1 Å². The van der Waals surface area contributed by atoms with E-state index in [1.165, 1.54) is 6.07 Å². The number of nitrogens with one attached hydrogen (secondary N) is 2. The number of fused-ring (bicyclic) bond motifs is 1. The van der Waals surface area contributed by atoms with Crippen molar-refractivity contribution in [3.63, 3.8) is 0 Å². The number of hydrogen-bond donors (Lipinski definition) is 2. The zero-order valence-electron chi connectivity index (χ0n) is 17.1. The maximum absolute atomic E-state index is 13.8. The summed E-state index contributed by atoms with van der Waals surface area (Å²) >= 11 is 0. The van der Waals surface area contributed by atoms with Crippen LogP contribution in [0.5, 0.6) is 0 Å². The van der Waals surface area contributed by atoms with Crippen LogP contribution in [0, 0.1) is 11.6 Å². The van der Waals surface area contributed by atoms with Crippen LogP contribution < -0.4 is 10.6 Å². The molecule has 0 radical (unpaired) electrons. The summed E-state index contributed by atoms with van der Waals surface area (Å²) in [5.74, 6) is -1.28. The lowest BCUT2D eigenvalue weighted by molar-refractivity contribution is 0.262. The van der Waals surface area contributed by atoms with Gasteiger partial charge in [-0.15, -0.1) is 0 Å². The lowest BCUT2D eigenvalue weighted by Gasteiger charge is -2.17. The van der Waals surface area contributed by atoms with E-state index in [1.54, 1.807) is 6.20 Å². The predicted molar refractivity (Wildman–Crippen MR) is 120 cm³/mol. The molecular weight excluding hydrogens is 396 g/mol. The third-order valence-electron chi connectivity index (χ3n) is 5.05. The smallest absolute Gasteiger partial charge is 0.308 e. The summed E-state index contributed by atoms with van der Waals surface area (Å²) in [6, 6.07) is 17.9. The Morgan fingerprint density at radius 1 is 0.903 bits per heavy atom. The molecule has 0 aliphatic rings. The number of urea groups is 1. The van der Waals surface area contributed by atoms with E-state index < -0.39 is 17.7 Å². The van der Waals surface area contributed by atoms with E-state index in [0.717, 1.165) is 39.7 Å². The number of halogens is 2. The summed E-state index contributed by atoms with van der Waals surface area (Å²) in [5, 5.41) is 6.16. The topological polar surface area (TPSA) is 54.0 Å². The molecule has 0 fully saturated rings. The quantitative estimate of drug-likeness (QED) is 0.378. The highest BCUT2D eigenvalue weighted by atomic mass is 19.1. The Morgan fingerprint density at radius 3 is 2.48 bits per heavy atom. The molecule has 0 aliphatic heterocycles. The van der Waals surface area contributed by atoms with E-state index in [0.29, 0.717) is 5.69 Å². The molecule has 6 heteroatoms. The Morgan fingerprint density at radius 2 is 1.71 bits per heavy atom. The first-order valence-electron chi connectivity index (χ1n) is 9.93. The highest BCUT2D eigenvalue weighted by Crippen LogP contribution is 2.35. The van der Waals surface area contributed by atoms with Crippen LogP contribution in [-0.4, -0.2) is 11.0 Å². The number of amides is 2. The van der Waals surface area contributed by atoms with E-state index in [9.17, 15) is 13.6 Å². The zero-order chi connectivity index (χ0) is 22.0. The lowest BCUT2D eigenvalue weighted by atomic mass is 9.90. The van der Waals surface area contributed by atoms with E-state index in [4.69, 9.17) is 0 Å². The van der Waals surface area contributed by atoms with Gasteiger partial charge in [-0.2, -0.15) is 0 Å². The minimum absolute atomic E-state index is 0.0990. The number of hydrogen-bond acceptors (Lipinski definition) is 2. The van der Waals surface area contributed by atoms with Gasteiger partial charge < -0.3 is 10.6 Å². The van der Waals surface area contributed by atoms with Crippen LogP contribution in [0.4, 0.5) is 25.0 Å². The Labute approximate surface area is 178 Å². The summed E-state index contributed by atoms with van der Waals surface area (Å²) < 4.78 is 26.9. The van der Waals surface area contributed by atoms with Gasteiger partial charge in [-0.1, -0.05) is 38.1 Å². The Kier molecular flexibility index (Phi) is 5.62. The molecule has 3 aromatic carbocycles. The molecular formula is C25H21F2N3O. The molecule has 0 saturated heterocycles. The molecule has 4 nitrogen and oxygen atoms in total. The number of anilines is 2. The molecule has 156 valence electrons. The fourth-order valence-corrected chi connectivity index (χ4v) is 3.58. The van der Waals surface area contributed by atoms with E-state index in [1.807, 2.05) is 48.5 Å². The van der Waals surface area contributed by atoms with Gasteiger partial charge in [0.25, 0.3) is 0 Å². The van der Waals surface area contributed by atoms with Gasteiger partial charge in [0.2, 0.25) is 0 Å².